The van der Waals surface area contributed by atoms with Crippen LogP contribution in [0.1, 0.15) is 27.7 Å². The first-order valence-corrected chi connectivity index (χ1v) is 9.70. The van der Waals surface area contributed by atoms with Crippen LogP contribution in [0.5, 0.6) is 0 Å². The van der Waals surface area contributed by atoms with Gasteiger partial charge in [0.1, 0.15) is 0 Å². The van der Waals surface area contributed by atoms with E-state index in [1.54, 1.807) is 4.68 Å². The normalized spacial score (nSPS) is 11.2. The van der Waals surface area contributed by atoms with Gasteiger partial charge in [-0.2, -0.15) is 0 Å². The minimum atomic E-state index is 0.132. The van der Waals surface area contributed by atoms with Crippen LogP contribution in [-0.2, 0) is 4.79 Å². The van der Waals surface area contributed by atoms with Gasteiger partial charge in [-0.3, -0.25) is 4.79 Å². The number of hydrogen-bond donors (Lipinski definition) is 0. The summed E-state index contributed by atoms with van der Waals surface area (Å²) >= 11 is 8.27. The van der Waals surface area contributed by atoms with Gasteiger partial charge in [-0.1, -0.05) is 41.3 Å². The fourth-order valence-corrected chi connectivity index (χ4v) is 4.65. The number of hydrogen-bond acceptors (Lipinski definition) is 5. The highest BCUT2D eigenvalue weighted by Gasteiger charge is 2.20. The van der Waals surface area contributed by atoms with E-state index in [9.17, 15) is 4.79 Å². The molecule has 0 saturated carbocycles. The van der Waals surface area contributed by atoms with E-state index in [-0.39, 0.29) is 18.0 Å². The van der Waals surface area contributed by atoms with Gasteiger partial charge in [0.15, 0.2) is 8.29 Å². The van der Waals surface area contributed by atoms with E-state index in [1.165, 1.54) is 23.1 Å². The number of rotatable bonds is 6. The van der Waals surface area contributed by atoms with Crippen LogP contribution in [0.15, 0.2) is 34.7 Å². The molecule has 1 amide bonds. The largest absolute Gasteiger partial charge is 0.337 e. The minimum absolute atomic E-state index is 0.132. The van der Waals surface area contributed by atoms with Crippen molar-refractivity contribution in [2.75, 3.05) is 5.75 Å². The summed E-state index contributed by atoms with van der Waals surface area (Å²) in [6.07, 6.45) is 0. The van der Waals surface area contributed by atoms with E-state index < -0.39 is 0 Å². The van der Waals surface area contributed by atoms with Gasteiger partial charge >= 0.3 is 0 Å². The van der Waals surface area contributed by atoms with Crippen molar-refractivity contribution in [3.63, 3.8) is 0 Å². The fraction of sp³-hybridized carbons (Fsp3) is 0.438. The van der Waals surface area contributed by atoms with Crippen molar-refractivity contribution in [1.29, 1.82) is 0 Å². The van der Waals surface area contributed by atoms with Crippen molar-refractivity contribution >= 4 is 41.2 Å². The van der Waals surface area contributed by atoms with Crippen LogP contribution in [0.2, 0.25) is 0 Å². The Hall–Kier alpha value is -1.18. The maximum Gasteiger partial charge on any atom is 0.233 e. The van der Waals surface area contributed by atoms with Crippen LogP contribution in [0.25, 0.3) is 5.69 Å². The molecule has 4 nitrogen and oxygen atoms in total. The number of amides is 1. The second-order valence-corrected chi connectivity index (χ2v) is 8.50. The molecule has 0 aliphatic rings. The highest BCUT2D eigenvalue weighted by molar-refractivity contribution is 8.01. The van der Waals surface area contributed by atoms with Gasteiger partial charge in [0.25, 0.3) is 0 Å². The Morgan fingerprint density at radius 3 is 2.43 bits per heavy atom. The second kappa shape index (κ2) is 8.08. The minimum Gasteiger partial charge on any atom is -0.337 e. The van der Waals surface area contributed by atoms with Crippen molar-refractivity contribution in [3.8, 4) is 5.69 Å². The standard InChI is InChI=1S/C16H21N3OS3/c1-11(2)18(12(3)4)14(20)10-22-15-17-19(16(21)23-15)13-8-6-5-7-9-13/h5-9,11-12H,10H2,1-4H3. The Labute approximate surface area is 150 Å². The highest BCUT2D eigenvalue weighted by atomic mass is 32.2. The lowest BCUT2D eigenvalue weighted by atomic mass is 10.2. The van der Waals surface area contributed by atoms with Crippen molar-refractivity contribution in [2.45, 2.75) is 44.1 Å². The molecular formula is C16H21N3OS3. The number of benzene rings is 1. The molecule has 0 aliphatic carbocycles. The van der Waals surface area contributed by atoms with Crippen LogP contribution in [0, 0.1) is 3.95 Å². The summed E-state index contributed by atoms with van der Waals surface area (Å²) in [7, 11) is 0. The monoisotopic (exact) mass is 367 g/mol. The lowest BCUT2D eigenvalue weighted by Crippen LogP contribution is -2.43. The highest BCUT2D eigenvalue weighted by Crippen LogP contribution is 2.24. The average molecular weight is 368 g/mol. The van der Waals surface area contributed by atoms with Crippen molar-refractivity contribution in [1.82, 2.24) is 14.7 Å². The molecule has 124 valence electrons. The predicted molar refractivity (Wildman–Crippen MR) is 100 cm³/mol. The van der Waals surface area contributed by atoms with Crippen LogP contribution in [0.3, 0.4) is 0 Å². The van der Waals surface area contributed by atoms with Crippen LogP contribution >= 0.6 is 35.3 Å². The zero-order valence-corrected chi connectivity index (χ0v) is 16.2. The molecule has 2 rings (SSSR count). The third kappa shape index (κ3) is 4.65. The molecule has 2 aromatic rings. The van der Waals surface area contributed by atoms with E-state index in [2.05, 4.69) is 5.10 Å². The zero-order chi connectivity index (χ0) is 17.0. The molecule has 0 atom stereocenters. The maximum atomic E-state index is 12.4. The number of carbonyl (C=O) groups excluding carboxylic acids is 1. The Balaban J connectivity index is 2.08. The quantitative estimate of drug-likeness (QED) is 0.560. The Morgan fingerprint density at radius 2 is 1.87 bits per heavy atom. The summed E-state index contributed by atoms with van der Waals surface area (Å²) in [4.78, 5) is 14.3. The van der Waals surface area contributed by atoms with Crippen LogP contribution in [0.4, 0.5) is 0 Å². The van der Waals surface area contributed by atoms with Crippen molar-refractivity contribution in [2.24, 2.45) is 0 Å². The lowest BCUT2D eigenvalue weighted by Gasteiger charge is -2.30. The molecule has 0 aliphatic heterocycles. The molecule has 1 heterocycles. The average Bonchev–Trinajstić information content (AvgIpc) is 2.86. The maximum absolute atomic E-state index is 12.4. The SMILES string of the molecule is CC(C)N(C(=O)CSc1nn(-c2ccccc2)c(=S)s1)C(C)C. The number of para-hydroxylation sites is 1. The topological polar surface area (TPSA) is 38.1 Å². The molecule has 0 N–H and O–H groups in total. The van der Waals surface area contributed by atoms with Crippen LogP contribution in [-0.4, -0.2) is 38.4 Å². The first-order valence-electron chi connectivity index (χ1n) is 7.49. The third-order valence-electron chi connectivity index (χ3n) is 3.25. The van der Waals surface area contributed by atoms with Gasteiger partial charge in [0.05, 0.1) is 11.4 Å². The zero-order valence-electron chi connectivity index (χ0n) is 13.7. The van der Waals surface area contributed by atoms with E-state index in [1.807, 2.05) is 62.9 Å². The summed E-state index contributed by atoms with van der Waals surface area (Å²) in [5.41, 5.74) is 0.943. The molecule has 23 heavy (non-hydrogen) atoms. The van der Waals surface area contributed by atoms with Gasteiger partial charge < -0.3 is 4.90 Å². The van der Waals surface area contributed by atoms with Gasteiger partial charge in [-0.15, -0.1) is 5.10 Å². The van der Waals surface area contributed by atoms with E-state index >= 15 is 0 Å². The molecule has 0 fully saturated rings. The molecule has 1 aromatic carbocycles. The smallest absolute Gasteiger partial charge is 0.233 e. The van der Waals surface area contributed by atoms with Crippen molar-refractivity contribution in [3.05, 3.63) is 34.3 Å². The summed E-state index contributed by atoms with van der Waals surface area (Å²) in [5.74, 6) is 0.514. The van der Waals surface area contributed by atoms with Gasteiger partial charge in [0, 0.05) is 12.1 Å². The van der Waals surface area contributed by atoms with E-state index in [0.717, 1.165) is 10.0 Å². The molecule has 0 radical (unpaired) electrons. The van der Waals surface area contributed by atoms with Gasteiger partial charge in [-0.05, 0) is 52.0 Å². The molecule has 0 spiro atoms. The first kappa shape index (κ1) is 18.2. The first-order chi connectivity index (χ1) is 10.9. The lowest BCUT2D eigenvalue weighted by molar-refractivity contribution is -0.131. The molecule has 0 unspecified atom stereocenters. The Bertz CT molecular complexity index is 699. The van der Waals surface area contributed by atoms with Gasteiger partial charge in [0.2, 0.25) is 5.91 Å². The number of aromatic nitrogens is 2. The Morgan fingerprint density at radius 1 is 1.26 bits per heavy atom. The molecule has 0 bridgehead atoms. The molecular weight excluding hydrogens is 346 g/mol. The van der Waals surface area contributed by atoms with Gasteiger partial charge in [-0.25, -0.2) is 4.68 Å². The van der Waals surface area contributed by atoms with E-state index in [4.69, 9.17) is 12.2 Å². The summed E-state index contributed by atoms with van der Waals surface area (Å²) in [5, 5.41) is 4.52. The fourth-order valence-electron chi connectivity index (χ4n) is 2.42. The molecule has 7 heteroatoms. The summed E-state index contributed by atoms with van der Waals surface area (Å²) < 4.78 is 3.26. The van der Waals surface area contributed by atoms with Crippen molar-refractivity contribution < 1.29 is 4.79 Å². The third-order valence-corrected chi connectivity index (χ3v) is 5.60. The summed E-state index contributed by atoms with van der Waals surface area (Å²) in [6.45, 7) is 8.15. The number of nitrogens with zero attached hydrogens (tertiary/aromatic N) is 3. The molecule has 0 saturated heterocycles. The number of carbonyl (C=O) groups is 1. The van der Waals surface area contributed by atoms with Crippen LogP contribution < -0.4 is 0 Å². The predicted octanol–water partition coefficient (Wildman–Crippen LogP) is 4.40. The Kier molecular flexibility index (Phi) is 6.38. The van der Waals surface area contributed by atoms with E-state index in [0.29, 0.717) is 9.71 Å². The second-order valence-electron chi connectivity index (χ2n) is 5.66. The summed E-state index contributed by atoms with van der Waals surface area (Å²) in [6, 6.07) is 10.2. The molecule has 1 aromatic heterocycles. The number of thioether (sulfide) groups is 1.